The normalized spacial score (nSPS) is 10.8. The molecule has 0 aliphatic heterocycles. The molecule has 0 aliphatic rings. The Labute approximate surface area is 114 Å². The molecule has 19 heavy (non-hydrogen) atoms. The van der Waals surface area contributed by atoms with Crippen LogP contribution in [0.3, 0.4) is 0 Å². The Morgan fingerprint density at radius 1 is 1.42 bits per heavy atom. The first-order valence-electron chi connectivity index (χ1n) is 5.42. The van der Waals surface area contributed by atoms with Crippen molar-refractivity contribution < 1.29 is 14.3 Å². The van der Waals surface area contributed by atoms with Gasteiger partial charge in [0.25, 0.3) is 0 Å². The fourth-order valence-electron chi connectivity index (χ4n) is 1.43. The van der Waals surface area contributed by atoms with Crippen LogP contribution in [0.2, 0.25) is 5.02 Å². The molecule has 5 nitrogen and oxygen atoms in total. The van der Waals surface area contributed by atoms with Crippen LogP contribution in [0, 0.1) is 6.92 Å². The highest BCUT2D eigenvalue weighted by atomic mass is 35.5. The average molecular weight is 278 g/mol. The Balaban J connectivity index is 2.12. The van der Waals surface area contributed by atoms with E-state index in [-0.39, 0.29) is 5.56 Å². The van der Waals surface area contributed by atoms with Crippen molar-refractivity contribution in [3.05, 3.63) is 52.4 Å². The molecule has 0 bridgehead atoms. The second-order valence-corrected chi connectivity index (χ2v) is 4.21. The number of hydrazone groups is 1. The number of benzene rings is 1. The van der Waals surface area contributed by atoms with Crippen molar-refractivity contribution in [2.24, 2.45) is 5.10 Å². The van der Waals surface area contributed by atoms with Crippen molar-refractivity contribution in [1.82, 2.24) is 0 Å². The van der Waals surface area contributed by atoms with Gasteiger partial charge in [0, 0.05) is 0 Å². The summed E-state index contributed by atoms with van der Waals surface area (Å²) in [6.07, 6.45) is 1.47. The van der Waals surface area contributed by atoms with E-state index in [4.69, 9.17) is 16.0 Å². The number of rotatable bonds is 4. The molecule has 0 radical (unpaired) electrons. The van der Waals surface area contributed by atoms with Gasteiger partial charge in [-0.3, -0.25) is 5.43 Å². The van der Waals surface area contributed by atoms with Crippen LogP contribution in [0.1, 0.15) is 21.9 Å². The lowest BCUT2D eigenvalue weighted by Gasteiger charge is -2.07. The van der Waals surface area contributed by atoms with E-state index in [0.29, 0.717) is 16.5 Å². The number of hydrogen-bond donors (Lipinski definition) is 1. The zero-order valence-electron chi connectivity index (χ0n) is 10.0. The Kier molecular flexibility index (Phi) is 3.87. The van der Waals surface area contributed by atoms with Crippen LogP contribution in [-0.2, 0) is 0 Å². The number of nitrogens with zero attached hydrogens (tertiary/aromatic N) is 1. The standard InChI is InChI=1S/C13H11ClN2O3/c1-8-2-4-10(19-8)7-15-16-12-6-9(13(17)18)3-5-11(12)14/h2-7,16H,1H3,(H,17,18)/p-1/b15-7-. The molecule has 2 rings (SSSR count). The van der Waals surface area contributed by atoms with Crippen LogP contribution in [0.15, 0.2) is 39.9 Å². The van der Waals surface area contributed by atoms with Gasteiger partial charge in [-0.2, -0.15) is 5.10 Å². The van der Waals surface area contributed by atoms with Crippen molar-refractivity contribution in [3.8, 4) is 0 Å². The zero-order chi connectivity index (χ0) is 13.8. The maximum Gasteiger partial charge on any atom is 0.147 e. The van der Waals surface area contributed by atoms with Crippen LogP contribution < -0.4 is 10.5 Å². The maximum absolute atomic E-state index is 10.7. The summed E-state index contributed by atoms with van der Waals surface area (Å²) in [6, 6.07) is 7.75. The van der Waals surface area contributed by atoms with Gasteiger partial charge in [0.2, 0.25) is 0 Å². The predicted molar refractivity (Wildman–Crippen MR) is 70.4 cm³/mol. The number of carbonyl (C=O) groups excluding carboxylic acids is 1. The van der Waals surface area contributed by atoms with E-state index >= 15 is 0 Å². The highest BCUT2D eigenvalue weighted by Crippen LogP contribution is 2.22. The summed E-state index contributed by atoms with van der Waals surface area (Å²) in [5.41, 5.74) is 3.05. The van der Waals surface area contributed by atoms with Crippen molar-refractivity contribution in [3.63, 3.8) is 0 Å². The lowest BCUT2D eigenvalue weighted by atomic mass is 10.2. The molecule has 1 heterocycles. The van der Waals surface area contributed by atoms with Crippen LogP contribution in [0.5, 0.6) is 0 Å². The molecule has 0 fully saturated rings. The van der Waals surface area contributed by atoms with E-state index in [0.717, 1.165) is 5.76 Å². The van der Waals surface area contributed by atoms with Crippen LogP contribution in [0.25, 0.3) is 0 Å². The van der Waals surface area contributed by atoms with E-state index in [1.807, 2.05) is 13.0 Å². The van der Waals surface area contributed by atoms with Crippen LogP contribution >= 0.6 is 11.6 Å². The average Bonchev–Trinajstić information content (AvgIpc) is 2.77. The fourth-order valence-corrected chi connectivity index (χ4v) is 1.59. The number of carboxylic acid groups (broad SMARTS) is 1. The van der Waals surface area contributed by atoms with Gasteiger partial charge in [-0.25, -0.2) is 0 Å². The number of hydrogen-bond acceptors (Lipinski definition) is 5. The monoisotopic (exact) mass is 277 g/mol. The summed E-state index contributed by atoms with van der Waals surface area (Å²) < 4.78 is 5.29. The number of anilines is 1. The molecule has 2 aromatic rings. The number of carboxylic acids is 1. The minimum atomic E-state index is -1.27. The Bertz CT molecular complexity index is 635. The Hall–Kier alpha value is -2.27. The van der Waals surface area contributed by atoms with Gasteiger partial charge in [0.05, 0.1) is 22.9 Å². The molecule has 0 aliphatic carbocycles. The molecule has 6 heteroatoms. The maximum atomic E-state index is 10.7. The number of nitrogens with one attached hydrogen (secondary N) is 1. The molecular weight excluding hydrogens is 268 g/mol. The number of halogens is 1. The van der Waals surface area contributed by atoms with Crippen molar-refractivity contribution in [2.75, 3.05) is 5.43 Å². The summed E-state index contributed by atoms with van der Waals surface area (Å²) in [4.78, 5) is 10.7. The van der Waals surface area contributed by atoms with Crippen molar-refractivity contribution in [2.45, 2.75) is 6.92 Å². The van der Waals surface area contributed by atoms with E-state index in [9.17, 15) is 9.90 Å². The van der Waals surface area contributed by atoms with Crippen LogP contribution in [-0.4, -0.2) is 12.2 Å². The van der Waals surface area contributed by atoms with Gasteiger partial charge in [-0.1, -0.05) is 17.7 Å². The molecule has 0 saturated heterocycles. The topological polar surface area (TPSA) is 77.7 Å². The minimum Gasteiger partial charge on any atom is -0.545 e. The Morgan fingerprint density at radius 2 is 2.21 bits per heavy atom. The highest BCUT2D eigenvalue weighted by Gasteiger charge is 2.02. The van der Waals surface area contributed by atoms with E-state index in [1.54, 1.807) is 6.07 Å². The quantitative estimate of drug-likeness (QED) is 0.685. The first kappa shape index (κ1) is 13.2. The second kappa shape index (κ2) is 5.58. The minimum absolute atomic E-state index is 0.0240. The van der Waals surface area contributed by atoms with E-state index < -0.39 is 5.97 Å². The summed E-state index contributed by atoms with van der Waals surface area (Å²) in [6.45, 7) is 1.82. The van der Waals surface area contributed by atoms with Gasteiger partial charge in [0.15, 0.2) is 0 Å². The summed E-state index contributed by atoms with van der Waals surface area (Å²) in [5.74, 6) is 0.0842. The highest BCUT2D eigenvalue weighted by molar-refractivity contribution is 6.33. The van der Waals surface area contributed by atoms with Gasteiger partial charge in [-0.05, 0) is 36.8 Å². The first-order chi connectivity index (χ1) is 9.06. The van der Waals surface area contributed by atoms with E-state index in [2.05, 4.69) is 10.5 Å². The molecule has 0 unspecified atom stereocenters. The third kappa shape index (κ3) is 3.35. The predicted octanol–water partition coefficient (Wildman–Crippen LogP) is 2.05. The molecule has 0 saturated carbocycles. The number of carbonyl (C=O) groups is 1. The van der Waals surface area contributed by atoms with Gasteiger partial charge in [-0.15, -0.1) is 0 Å². The SMILES string of the molecule is Cc1ccc(/C=N\Nc2cc(C(=O)[O-])ccc2Cl)o1. The smallest absolute Gasteiger partial charge is 0.147 e. The zero-order valence-corrected chi connectivity index (χ0v) is 10.8. The van der Waals surface area contributed by atoms with Crippen LogP contribution in [0.4, 0.5) is 5.69 Å². The number of furan rings is 1. The molecule has 98 valence electrons. The lowest BCUT2D eigenvalue weighted by Crippen LogP contribution is -2.22. The molecule has 0 amide bonds. The fraction of sp³-hybridized carbons (Fsp3) is 0.0769. The first-order valence-corrected chi connectivity index (χ1v) is 5.80. The van der Waals surface area contributed by atoms with Gasteiger partial charge >= 0.3 is 0 Å². The third-order valence-corrected chi connectivity index (χ3v) is 2.67. The summed E-state index contributed by atoms with van der Waals surface area (Å²) >= 11 is 5.91. The number of aromatic carboxylic acids is 1. The molecule has 1 aromatic heterocycles. The number of aryl methyl sites for hydroxylation is 1. The third-order valence-electron chi connectivity index (χ3n) is 2.34. The summed E-state index contributed by atoms with van der Waals surface area (Å²) in [7, 11) is 0. The van der Waals surface area contributed by atoms with E-state index in [1.165, 1.54) is 24.4 Å². The molecular formula is C13H10ClN2O3-. The lowest BCUT2D eigenvalue weighted by molar-refractivity contribution is -0.255. The summed E-state index contributed by atoms with van der Waals surface area (Å²) in [5, 5.41) is 15.0. The largest absolute Gasteiger partial charge is 0.545 e. The molecule has 0 spiro atoms. The van der Waals surface area contributed by atoms with Crippen molar-refractivity contribution >= 4 is 29.5 Å². The second-order valence-electron chi connectivity index (χ2n) is 3.80. The van der Waals surface area contributed by atoms with Gasteiger partial charge in [0.1, 0.15) is 11.5 Å². The molecule has 1 N–H and O–H groups in total. The van der Waals surface area contributed by atoms with Gasteiger partial charge < -0.3 is 14.3 Å². The van der Waals surface area contributed by atoms with Crippen molar-refractivity contribution in [1.29, 1.82) is 0 Å². The molecule has 1 aromatic carbocycles. The molecule has 0 atom stereocenters. The Morgan fingerprint density at radius 3 is 2.84 bits per heavy atom.